The molecular weight excluding hydrogens is 180 g/mol. The maximum absolute atomic E-state index is 4.41. The number of hydrogen-bond donors (Lipinski definition) is 1. The number of thiazole rings is 1. The Balaban J connectivity index is 2.33. The SMILES string of the molecule is CCC(CC)NCc1csc(C)n1. The second-order valence-electron chi connectivity index (χ2n) is 3.25. The van der Waals surface area contributed by atoms with Gasteiger partial charge in [0.05, 0.1) is 10.7 Å². The second kappa shape index (κ2) is 5.35. The lowest BCUT2D eigenvalue weighted by Gasteiger charge is -2.12. The summed E-state index contributed by atoms with van der Waals surface area (Å²) < 4.78 is 0. The van der Waals surface area contributed by atoms with E-state index in [1.807, 2.05) is 6.92 Å². The first-order chi connectivity index (χ1) is 6.26. The van der Waals surface area contributed by atoms with Gasteiger partial charge < -0.3 is 5.32 Å². The van der Waals surface area contributed by atoms with E-state index in [1.54, 1.807) is 11.3 Å². The van der Waals surface area contributed by atoms with Crippen LogP contribution in [0.3, 0.4) is 0 Å². The van der Waals surface area contributed by atoms with E-state index >= 15 is 0 Å². The topological polar surface area (TPSA) is 24.9 Å². The van der Waals surface area contributed by atoms with E-state index in [9.17, 15) is 0 Å². The molecule has 74 valence electrons. The van der Waals surface area contributed by atoms with Crippen LogP contribution in [-0.2, 0) is 6.54 Å². The van der Waals surface area contributed by atoms with Crippen LogP contribution >= 0.6 is 11.3 Å². The molecule has 1 heterocycles. The van der Waals surface area contributed by atoms with Gasteiger partial charge in [-0.3, -0.25) is 0 Å². The van der Waals surface area contributed by atoms with E-state index in [0.717, 1.165) is 11.6 Å². The molecular formula is C10H18N2S. The first kappa shape index (κ1) is 10.7. The van der Waals surface area contributed by atoms with E-state index in [2.05, 4.69) is 29.5 Å². The number of rotatable bonds is 5. The van der Waals surface area contributed by atoms with Crippen molar-refractivity contribution < 1.29 is 0 Å². The molecule has 1 aromatic heterocycles. The Morgan fingerprint density at radius 3 is 2.62 bits per heavy atom. The van der Waals surface area contributed by atoms with E-state index in [1.165, 1.54) is 18.5 Å². The number of aryl methyl sites for hydroxylation is 1. The maximum Gasteiger partial charge on any atom is 0.0897 e. The molecule has 13 heavy (non-hydrogen) atoms. The van der Waals surface area contributed by atoms with Crippen LogP contribution in [0, 0.1) is 6.92 Å². The largest absolute Gasteiger partial charge is 0.308 e. The molecule has 0 aromatic carbocycles. The third-order valence-corrected chi connectivity index (χ3v) is 3.05. The van der Waals surface area contributed by atoms with Gasteiger partial charge in [0.2, 0.25) is 0 Å². The molecule has 1 rings (SSSR count). The lowest BCUT2D eigenvalue weighted by atomic mass is 10.2. The highest BCUT2D eigenvalue weighted by Gasteiger charge is 2.03. The third kappa shape index (κ3) is 3.44. The summed E-state index contributed by atoms with van der Waals surface area (Å²) in [5.41, 5.74) is 1.18. The van der Waals surface area contributed by atoms with Gasteiger partial charge in [0.1, 0.15) is 0 Å². The highest BCUT2D eigenvalue weighted by Crippen LogP contribution is 2.08. The standard InChI is InChI=1S/C10H18N2S/c1-4-9(5-2)11-6-10-7-13-8(3)12-10/h7,9,11H,4-6H2,1-3H3. The first-order valence-electron chi connectivity index (χ1n) is 4.90. The molecule has 2 nitrogen and oxygen atoms in total. The molecule has 0 bridgehead atoms. The van der Waals surface area contributed by atoms with Gasteiger partial charge in [0.15, 0.2) is 0 Å². The van der Waals surface area contributed by atoms with Crippen LogP contribution < -0.4 is 5.32 Å². The summed E-state index contributed by atoms with van der Waals surface area (Å²) >= 11 is 1.72. The van der Waals surface area contributed by atoms with Gasteiger partial charge >= 0.3 is 0 Å². The number of hydrogen-bond acceptors (Lipinski definition) is 3. The Morgan fingerprint density at radius 2 is 2.15 bits per heavy atom. The fourth-order valence-corrected chi connectivity index (χ4v) is 1.93. The molecule has 0 saturated heterocycles. The van der Waals surface area contributed by atoms with Crippen molar-refractivity contribution in [2.24, 2.45) is 0 Å². The van der Waals surface area contributed by atoms with Crippen molar-refractivity contribution in [1.82, 2.24) is 10.3 Å². The van der Waals surface area contributed by atoms with Gasteiger partial charge in [-0.1, -0.05) is 13.8 Å². The Bertz CT molecular complexity index is 241. The Kier molecular flexibility index (Phi) is 4.39. The first-order valence-corrected chi connectivity index (χ1v) is 5.78. The summed E-state index contributed by atoms with van der Waals surface area (Å²) in [5, 5.41) is 6.78. The van der Waals surface area contributed by atoms with Gasteiger partial charge in [0, 0.05) is 18.0 Å². The number of nitrogens with one attached hydrogen (secondary N) is 1. The summed E-state index contributed by atoms with van der Waals surface area (Å²) in [6, 6.07) is 0.641. The molecule has 3 heteroatoms. The van der Waals surface area contributed by atoms with E-state index < -0.39 is 0 Å². The molecule has 0 aliphatic carbocycles. The van der Waals surface area contributed by atoms with Crippen LogP contribution in [0.15, 0.2) is 5.38 Å². The summed E-state index contributed by atoms with van der Waals surface area (Å²) in [6.45, 7) is 7.39. The van der Waals surface area contributed by atoms with Gasteiger partial charge in [-0.25, -0.2) is 4.98 Å². The quantitative estimate of drug-likeness (QED) is 0.787. The fourth-order valence-electron chi connectivity index (χ4n) is 1.32. The highest BCUT2D eigenvalue weighted by atomic mass is 32.1. The van der Waals surface area contributed by atoms with E-state index in [-0.39, 0.29) is 0 Å². The summed E-state index contributed by atoms with van der Waals surface area (Å²) in [5.74, 6) is 0. The van der Waals surface area contributed by atoms with E-state index in [4.69, 9.17) is 0 Å². The van der Waals surface area contributed by atoms with Crippen LogP contribution in [0.2, 0.25) is 0 Å². The molecule has 0 aliphatic heterocycles. The molecule has 0 radical (unpaired) electrons. The second-order valence-corrected chi connectivity index (χ2v) is 4.31. The predicted octanol–water partition coefficient (Wildman–Crippen LogP) is 2.73. The van der Waals surface area contributed by atoms with Crippen molar-refractivity contribution in [3.63, 3.8) is 0 Å². The molecule has 0 atom stereocenters. The molecule has 0 saturated carbocycles. The average molecular weight is 198 g/mol. The summed E-state index contributed by atoms with van der Waals surface area (Å²) in [4.78, 5) is 4.41. The molecule has 0 fully saturated rings. The van der Waals surface area contributed by atoms with Gasteiger partial charge in [-0.15, -0.1) is 11.3 Å². The van der Waals surface area contributed by atoms with Crippen molar-refractivity contribution in [1.29, 1.82) is 0 Å². The Hall–Kier alpha value is -0.410. The zero-order chi connectivity index (χ0) is 9.68. The number of nitrogens with zero attached hydrogens (tertiary/aromatic N) is 1. The van der Waals surface area contributed by atoms with Crippen molar-refractivity contribution >= 4 is 11.3 Å². The Morgan fingerprint density at radius 1 is 1.46 bits per heavy atom. The maximum atomic E-state index is 4.41. The smallest absolute Gasteiger partial charge is 0.0897 e. The molecule has 0 amide bonds. The fraction of sp³-hybridized carbons (Fsp3) is 0.700. The molecule has 0 aliphatic rings. The zero-order valence-electron chi connectivity index (χ0n) is 8.63. The summed E-state index contributed by atoms with van der Waals surface area (Å²) in [6.07, 6.45) is 2.39. The van der Waals surface area contributed by atoms with Crippen molar-refractivity contribution in [3.05, 3.63) is 16.1 Å². The minimum atomic E-state index is 0.641. The third-order valence-electron chi connectivity index (χ3n) is 2.22. The molecule has 1 N–H and O–H groups in total. The van der Waals surface area contributed by atoms with Crippen LogP contribution in [0.25, 0.3) is 0 Å². The van der Waals surface area contributed by atoms with E-state index in [0.29, 0.717) is 6.04 Å². The predicted molar refractivity (Wildman–Crippen MR) is 58.1 cm³/mol. The van der Waals surface area contributed by atoms with Crippen LogP contribution in [0.1, 0.15) is 37.4 Å². The monoisotopic (exact) mass is 198 g/mol. The van der Waals surface area contributed by atoms with Gasteiger partial charge in [0.25, 0.3) is 0 Å². The minimum Gasteiger partial charge on any atom is -0.308 e. The van der Waals surface area contributed by atoms with Crippen molar-refractivity contribution in [2.45, 2.75) is 46.2 Å². The lowest BCUT2D eigenvalue weighted by Crippen LogP contribution is -2.27. The average Bonchev–Trinajstić information content (AvgIpc) is 2.53. The van der Waals surface area contributed by atoms with Crippen LogP contribution in [0.5, 0.6) is 0 Å². The molecule has 0 unspecified atom stereocenters. The van der Waals surface area contributed by atoms with Crippen molar-refractivity contribution in [3.8, 4) is 0 Å². The van der Waals surface area contributed by atoms with Gasteiger partial charge in [-0.2, -0.15) is 0 Å². The van der Waals surface area contributed by atoms with Crippen LogP contribution in [0.4, 0.5) is 0 Å². The Labute approximate surface area is 84.4 Å². The molecule has 0 spiro atoms. The summed E-state index contributed by atoms with van der Waals surface area (Å²) in [7, 11) is 0. The highest BCUT2D eigenvalue weighted by molar-refractivity contribution is 7.09. The van der Waals surface area contributed by atoms with Gasteiger partial charge in [-0.05, 0) is 19.8 Å². The normalized spacial score (nSPS) is 11.1. The lowest BCUT2D eigenvalue weighted by molar-refractivity contribution is 0.481. The molecule has 1 aromatic rings. The van der Waals surface area contributed by atoms with Crippen molar-refractivity contribution in [2.75, 3.05) is 0 Å². The number of aromatic nitrogens is 1. The van der Waals surface area contributed by atoms with Crippen LogP contribution in [-0.4, -0.2) is 11.0 Å². The minimum absolute atomic E-state index is 0.641. The zero-order valence-corrected chi connectivity index (χ0v) is 9.45.